The van der Waals surface area contributed by atoms with E-state index in [2.05, 4.69) is 4.72 Å². The van der Waals surface area contributed by atoms with Gasteiger partial charge in [-0.2, -0.15) is 13.1 Å². The lowest BCUT2D eigenvalue weighted by atomic mass is 9.94. The third kappa shape index (κ3) is 3.27. The monoisotopic (exact) mass is 347 g/mol. The highest BCUT2D eigenvalue weighted by Gasteiger charge is 2.29. The summed E-state index contributed by atoms with van der Waals surface area (Å²) in [5.74, 6) is 0.358. The van der Waals surface area contributed by atoms with E-state index in [1.54, 1.807) is 0 Å². The molecule has 1 atom stereocenters. The fourth-order valence-corrected chi connectivity index (χ4v) is 3.09. The van der Waals surface area contributed by atoms with E-state index in [-0.39, 0.29) is 18.0 Å². The molecule has 1 heterocycles. The van der Waals surface area contributed by atoms with Crippen LogP contribution in [0, 0.1) is 6.92 Å². The molecule has 24 heavy (non-hydrogen) atoms. The van der Waals surface area contributed by atoms with Gasteiger partial charge in [0.15, 0.2) is 5.78 Å². The van der Waals surface area contributed by atoms with Crippen LogP contribution in [0.15, 0.2) is 42.5 Å². The Morgan fingerprint density at radius 3 is 2.67 bits per heavy atom. The van der Waals surface area contributed by atoms with Crippen LogP contribution in [0.3, 0.4) is 0 Å². The molecule has 1 aliphatic heterocycles. The highest BCUT2D eigenvalue weighted by Crippen LogP contribution is 2.38. The Kier molecular flexibility index (Phi) is 4.29. The van der Waals surface area contributed by atoms with Gasteiger partial charge in [0.25, 0.3) is 0 Å². The minimum absolute atomic E-state index is 0.0486. The largest absolute Gasteiger partial charge is 0.484 e. The van der Waals surface area contributed by atoms with E-state index in [4.69, 9.17) is 8.92 Å². The van der Waals surface area contributed by atoms with Crippen molar-refractivity contribution in [3.63, 3.8) is 0 Å². The Labute approximate surface area is 140 Å². The van der Waals surface area contributed by atoms with Crippen LogP contribution in [0.5, 0.6) is 11.5 Å². The normalized spacial score (nSPS) is 17.1. The maximum atomic E-state index is 12.4. The molecule has 0 spiro atoms. The van der Waals surface area contributed by atoms with Gasteiger partial charge in [-0.05, 0) is 30.2 Å². The molecule has 7 heteroatoms. The third-order valence-electron chi connectivity index (χ3n) is 3.88. The standard InChI is InChI=1S/C17H17NO5S/c1-11-5-3-4-6-13(11)17-10-15(19)14-8-7-12(9-16(14)22-17)23-24(20,21)18-2/h3-9,17-18H,10H2,1-2H3. The summed E-state index contributed by atoms with van der Waals surface area (Å²) < 4.78 is 35.9. The quantitative estimate of drug-likeness (QED) is 0.919. The first kappa shape index (κ1) is 16.5. The first-order valence-electron chi connectivity index (χ1n) is 7.42. The van der Waals surface area contributed by atoms with Crippen LogP contribution in [0.25, 0.3) is 0 Å². The SMILES string of the molecule is CNS(=O)(=O)Oc1ccc2c(c1)OC(c1ccccc1C)CC2=O. The van der Waals surface area contributed by atoms with Crippen molar-refractivity contribution in [3.05, 3.63) is 59.2 Å². The average Bonchev–Trinajstić information content (AvgIpc) is 2.54. The predicted octanol–water partition coefficient (Wildman–Crippen LogP) is 2.54. The molecule has 0 saturated carbocycles. The number of ether oxygens (including phenoxy) is 1. The molecule has 126 valence electrons. The number of aryl methyl sites for hydroxylation is 1. The molecule has 0 bridgehead atoms. The molecule has 2 aromatic carbocycles. The molecule has 0 aliphatic carbocycles. The average molecular weight is 347 g/mol. The number of fused-ring (bicyclic) bond motifs is 1. The van der Waals surface area contributed by atoms with Crippen molar-refractivity contribution < 1.29 is 22.1 Å². The molecule has 6 nitrogen and oxygen atoms in total. The summed E-state index contributed by atoms with van der Waals surface area (Å²) in [6.07, 6.45) is -0.158. The summed E-state index contributed by atoms with van der Waals surface area (Å²) in [5, 5.41) is 0. The van der Waals surface area contributed by atoms with Crippen LogP contribution in [0.4, 0.5) is 0 Å². The van der Waals surface area contributed by atoms with Gasteiger partial charge >= 0.3 is 10.3 Å². The molecule has 3 rings (SSSR count). The minimum Gasteiger partial charge on any atom is -0.484 e. The highest BCUT2D eigenvalue weighted by atomic mass is 32.2. The summed E-state index contributed by atoms with van der Waals surface area (Å²) in [4.78, 5) is 12.4. The number of rotatable bonds is 4. The zero-order valence-corrected chi connectivity index (χ0v) is 14.1. The van der Waals surface area contributed by atoms with Crippen molar-refractivity contribution in [2.75, 3.05) is 7.05 Å². The van der Waals surface area contributed by atoms with Gasteiger partial charge in [-0.15, -0.1) is 0 Å². The summed E-state index contributed by atoms with van der Waals surface area (Å²) in [7, 11) is -2.62. The van der Waals surface area contributed by atoms with E-state index in [9.17, 15) is 13.2 Å². The zero-order chi connectivity index (χ0) is 17.3. The molecular weight excluding hydrogens is 330 g/mol. The van der Waals surface area contributed by atoms with Crippen LogP contribution in [0.2, 0.25) is 0 Å². The van der Waals surface area contributed by atoms with Gasteiger partial charge in [-0.1, -0.05) is 24.3 Å². The van der Waals surface area contributed by atoms with E-state index < -0.39 is 16.4 Å². The van der Waals surface area contributed by atoms with Crippen LogP contribution in [-0.4, -0.2) is 21.2 Å². The number of benzene rings is 2. The molecule has 1 unspecified atom stereocenters. The van der Waals surface area contributed by atoms with E-state index in [1.165, 1.54) is 25.2 Å². The summed E-state index contributed by atoms with van der Waals surface area (Å²) in [6.45, 7) is 1.96. The molecular formula is C17H17NO5S. The van der Waals surface area contributed by atoms with Crippen molar-refractivity contribution in [2.45, 2.75) is 19.4 Å². The molecule has 0 aromatic heterocycles. The number of ketones is 1. The van der Waals surface area contributed by atoms with Crippen molar-refractivity contribution in [1.82, 2.24) is 4.72 Å². The second-order valence-electron chi connectivity index (χ2n) is 5.49. The van der Waals surface area contributed by atoms with Crippen LogP contribution < -0.4 is 13.6 Å². The number of Topliss-reactive ketones (excluding diaryl/α,β-unsaturated/α-hetero) is 1. The lowest BCUT2D eigenvalue weighted by Gasteiger charge is -2.26. The van der Waals surface area contributed by atoms with Crippen molar-refractivity contribution >= 4 is 16.1 Å². The first-order chi connectivity index (χ1) is 11.4. The minimum atomic E-state index is -3.88. The summed E-state index contributed by atoms with van der Waals surface area (Å²) in [5.41, 5.74) is 2.39. The molecule has 0 radical (unpaired) electrons. The summed E-state index contributed by atoms with van der Waals surface area (Å²) >= 11 is 0. The Morgan fingerprint density at radius 1 is 1.21 bits per heavy atom. The van der Waals surface area contributed by atoms with Crippen molar-refractivity contribution in [2.24, 2.45) is 0 Å². The number of hydrogen-bond donors (Lipinski definition) is 1. The van der Waals surface area contributed by atoms with Crippen LogP contribution in [0.1, 0.15) is 34.0 Å². The molecule has 1 aliphatic rings. The van der Waals surface area contributed by atoms with E-state index in [1.807, 2.05) is 31.2 Å². The molecule has 0 saturated heterocycles. The van der Waals surface area contributed by atoms with Gasteiger partial charge in [-0.25, -0.2) is 0 Å². The highest BCUT2D eigenvalue weighted by molar-refractivity contribution is 7.85. The maximum absolute atomic E-state index is 12.4. The number of hydrogen-bond acceptors (Lipinski definition) is 5. The zero-order valence-electron chi connectivity index (χ0n) is 13.3. The third-order valence-corrected chi connectivity index (χ3v) is 4.80. The lowest BCUT2D eigenvalue weighted by molar-refractivity contribution is 0.0849. The maximum Gasteiger partial charge on any atom is 0.382 e. The number of carbonyl (C=O) groups is 1. The van der Waals surface area contributed by atoms with Crippen LogP contribution in [-0.2, 0) is 10.3 Å². The van der Waals surface area contributed by atoms with Crippen molar-refractivity contribution in [3.8, 4) is 11.5 Å². The molecule has 2 aromatic rings. The molecule has 0 amide bonds. The fourth-order valence-electron chi connectivity index (χ4n) is 2.65. The Hall–Kier alpha value is -2.38. The Morgan fingerprint density at radius 2 is 1.96 bits per heavy atom. The second kappa shape index (κ2) is 6.26. The van der Waals surface area contributed by atoms with Gasteiger partial charge in [0.1, 0.15) is 17.6 Å². The van der Waals surface area contributed by atoms with E-state index >= 15 is 0 Å². The van der Waals surface area contributed by atoms with Gasteiger partial charge in [-0.3, -0.25) is 4.79 Å². The van der Waals surface area contributed by atoms with Gasteiger partial charge < -0.3 is 8.92 Å². The molecule has 0 fully saturated rings. The number of carbonyl (C=O) groups excluding carboxylic acids is 1. The summed E-state index contributed by atoms with van der Waals surface area (Å²) in [6, 6.07) is 12.1. The lowest BCUT2D eigenvalue weighted by Crippen LogP contribution is -2.24. The van der Waals surface area contributed by atoms with Crippen molar-refractivity contribution in [1.29, 1.82) is 0 Å². The Bertz CT molecular complexity index is 892. The topological polar surface area (TPSA) is 81.7 Å². The smallest absolute Gasteiger partial charge is 0.382 e. The fraction of sp³-hybridized carbons (Fsp3) is 0.235. The van der Waals surface area contributed by atoms with Gasteiger partial charge in [0.05, 0.1) is 12.0 Å². The predicted molar refractivity (Wildman–Crippen MR) is 88.5 cm³/mol. The van der Waals surface area contributed by atoms with E-state index in [0.717, 1.165) is 11.1 Å². The Balaban J connectivity index is 1.94. The van der Waals surface area contributed by atoms with Gasteiger partial charge in [0, 0.05) is 13.1 Å². The van der Waals surface area contributed by atoms with E-state index in [0.29, 0.717) is 11.3 Å². The first-order valence-corrected chi connectivity index (χ1v) is 8.83. The van der Waals surface area contributed by atoms with Crippen LogP contribution >= 0.6 is 0 Å². The number of nitrogens with one attached hydrogen (secondary N) is 1. The van der Waals surface area contributed by atoms with Gasteiger partial charge in [0.2, 0.25) is 0 Å². The molecule has 1 N–H and O–H groups in total. The second-order valence-corrected chi connectivity index (χ2v) is 6.97.